The lowest BCUT2D eigenvalue weighted by atomic mass is 9.96. The molecule has 0 aliphatic carbocycles. The lowest BCUT2D eigenvalue weighted by Crippen LogP contribution is -2.18. The lowest BCUT2D eigenvalue weighted by Gasteiger charge is -2.23. The van der Waals surface area contributed by atoms with Crippen molar-refractivity contribution in [2.24, 2.45) is 0 Å². The highest BCUT2D eigenvalue weighted by molar-refractivity contribution is 6.29. The molecule has 1 aromatic heterocycles. The largest absolute Gasteiger partial charge is 0.497 e. The molecule has 0 N–H and O–H groups in total. The molecule has 0 radical (unpaired) electrons. The van der Waals surface area contributed by atoms with Gasteiger partial charge in [0.15, 0.2) is 5.78 Å². The van der Waals surface area contributed by atoms with E-state index in [1.54, 1.807) is 0 Å². The number of Topliss-reactive ketones (excluding diaryl/α,β-unsaturated/α-hetero) is 1. The van der Waals surface area contributed by atoms with Gasteiger partial charge in [-0.1, -0.05) is 30.3 Å². The second-order valence-corrected chi connectivity index (χ2v) is 5.19. The van der Waals surface area contributed by atoms with Gasteiger partial charge in [-0.2, -0.15) is 0 Å². The fraction of sp³-hybridized carbons (Fsp3) is 0.278. The summed E-state index contributed by atoms with van der Waals surface area (Å²) < 4.78 is 7.94. The maximum atomic E-state index is 12.9. The second kappa shape index (κ2) is 5.60. The highest BCUT2D eigenvalue weighted by Crippen LogP contribution is 2.32. The van der Waals surface area contributed by atoms with Crippen molar-refractivity contribution in [3.8, 4) is 0 Å². The van der Waals surface area contributed by atoms with Crippen molar-refractivity contribution >= 4 is 11.4 Å². The number of rotatable bonds is 4. The zero-order valence-corrected chi connectivity index (χ0v) is 12.4. The molecule has 1 aliphatic rings. The summed E-state index contributed by atoms with van der Waals surface area (Å²) >= 11 is 0. The summed E-state index contributed by atoms with van der Waals surface area (Å²) in [4.78, 5) is 12.9. The van der Waals surface area contributed by atoms with Gasteiger partial charge in [0.25, 0.3) is 0 Å². The van der Waals surface area contributed by atoms with Crippen LogP contribution in [0.15, 0.2) is 48.2 Å². The van der Waals surface area contributed by atoms with Crippen LogP contribution in [-0.4, -0.2) is 17.0 Å². The van der Waals surface area contributed by atoms with Crippen LogP contribution in [0.2, 0.25) is 0 Å². The van der Waals surface area contributed by atoms with Crippen LogP contribution in [0.5, 0.6) is 0 Å². The molecule has 0 saturated carbocycles. The summed E-state index contributed by atoms with van der Waals surface area (Å²) in [5.74, 6) is 0.857. The molecule has 0 spiro atoms. The van der Waals surface area contributed by atoms with Crippen LogP contribution >= 0.6 is 0 Å². The third-order valence-electron chi connectivity index (χ3n) is 3.88. The number of aromatic nitrogens is 1. The van der Waals surface area contributed by atoms with Crippen LogP contribution in [0, 0.1) is 6.92 Å². The molecule has 108 valence electrons. The number of carbonyl (C=O) groups is 1. The molecule has 1 aliphatic heterocycles. The number of hydrogen-bond donors (Lipinski definition) is 0. The number of benzene rings is 1. The minimum absolute atomic E-state index is 0.0399. The van der Waals surface area contributed by atoms with Crippen molar-refractivity contribution < 1.29 is 9.53 Å². The molecule has 3 heteroatoms. The Balaban J connectivity index is 2.12. The van der Waals surface area contributed by atoms with Crippen molar-refractivity contribution in [2.75, 3.05) is 6.61 Å². The molecule has 0 bridgehead atoms. The third kappa shape index (κ3) is 2.40. The summed E-state index contributed by atoms with van der Waals surface area (Å²) in [7, 11) is 0. The predicted molar refractivity (Wildman–Crippen MR) is 83.1 cm³/mol. The Bertz CT molecular complexity index is 695. The Labute approximate surface area is 124 Å². The molecule has 2 heterocycles. The van der Waals surface area contributed by atoms with E-state index < -0.39 is 0 Å². The zero-order valence-electron chi connectivity index (χ0n) is 12.4. The van der Waals surface area contributed by atoms with Crippen molar-refractivity contribution in [1.29, 1.82) is 0 Å². The average molecular weight is 281 g/mol. The number of aryl methyl sites for hydroxylation is 1. The maximum absolute atomic E-state index is 12.9. The van der Waals surface area contributed by atoms with E-state index in [2.05, 4.69) is 17.6 Å². The van der Waals surface area contributed by atoms with Gasteiger partial charge in [-0.15, -0.1) is 0 Å². The topological polar surface area (TPSA) is 31.2 Å². The molecule has 0 atom stereocenters. The van der Waals surface area contributed by atoms with Crippen LogP contribution < -0.4 is 0 Å². The first-order valence-corrected chi connectivity index (χ1v) is 7.34. The first-order valence-electron chi connectivity index (χ1n) is 7.34. The summed E-state index contributed by atoms with van der Waals surface area (Å²) in [5.41, 5.74) is 3.56. The summed E-state index contributed by atoms with van der Waals surface area (Å²) in [5, 5.41) is 0. The van der Waals surface area contributed by atoms with Gasteiger partial charge in [-0.3, -0.25) is 4.79 Å². The minimum atomic E-state index is 0.0399. The SMILES string of the molecule is CCOC1=C(C(=O)c2ccccc2)c2ccc(C)n2CC1. The monoisotopic (exact) mass is 281 g/mol. The first-order chi connectivity index (χ1) is 10.2. The quantitative estimate of drug-likeness (QED) is 0.797. The van der Waals surface area contributed by atoms with Crippen LogP contribution in [0.1, 0.15) is 35.1 Å². The van der Waals surface area contributed by atoms with Crippen LogP contribution in [-0.2, 0) is 11.3 Å². The smallest absolute Gasteiger partial charge is 0.198 e. The standard InChI is InChI=1S/C18H19NO2/c1-3-21-16-11-12-19-13(2)9-10-15(19)17(16)18(20)14-7-5-4-6-8-14/h4-10H,3,11-12H2,1-2H3. The normalized spacial score (nSPS) is 14.0. The highest BCUT2D eigenvalue weighted by atomic mass is 16.5. The molecule has 0 amide bonds. The number of nitrogens with zero attached hydrogens (tertiary/aromatic N) is 1. The number of ketones is 1. The van der Waals surface area contributed by atoms with Crippen molar-refractivity contribution in [1.82, 2.24) is 4.57 Å². The molecule has 2 aromatic rings. The van der Waals surface area contributed by atoms with E-state index in [-0.39, 0.29) is 5.78 Å². The molecule has 1 aromatic carbocycles. The summed E-state index contributed by atoms with van der Waals surface area (Å²) in [6.07, 6.45) is 0.768. The van der Waals surface area contributed by atoms with Gasteiger partial charge in [0.1, 0.15) is 5.76 Å². The van der Waals surface area contributed by atoms with E-state index in [9.17, 15) is 4.79 Å². The maximum Gasteiger partial charge on any atom is 0.198 e. The second-order valence-electron chi connectivity index (χ2n) is 5.19. The van der Waals surface area contributed by atoms with Gasteiger partial charge < -0.3 is 9.30 Å². The Hall–Kier alpha value is -2.29. The lowest BCUT2D eigenvalue weighted by molar-refractivity contribution is 0.104. The Morgan fingerprint density at radius 2 is 1.95 bits per heavy atom. The van der Waals surface area contributed by atoms with E-state index in [0.29, 0.717) is 17.7 Å². The highest BCUT2D eigenvalue weighted by Gasteiger charge is 2.27. The number of allylic oxidation sites excluding steroid dienone is 2. The molecule has 0 unspecified atom stereocenters. The molecule has 3 rings (SSSR count). The van der Waals surface area contributed by atoms with Crippen LogP contribution in [0.25, 0.3) is 5.57 Å². The van der Waals surface area contributed by atoms with Crippen molar-refractivity contribution in [2.45, 2.75) is 26.8 Å². The van der Waals surface area contributed by atoms with E-state index in [0.717, 1.165) is 24.4 Å². The molecule has 21 heavy (non-hydrogen) atoms. The third-order valence-corrected chi connectivity index (χ3v) is 3.88. The molecular weight excluding hydrogens is 262 g/mol. The molecule has 0 fully saturated rings. The van der Waals surface area contributed by atoms with Gasteiger partial charge >= 0.3 is 0 Å². The van der Waals surface area contributed by atoms with E-state index >= 15 is 0 Å². The number of ether oxygens (including phenoxy) is 1. The number of hydrogen-bond acceptors (Lipinski definition) is 2. The first kappa shape index (κ1) is 13.7. The van der Waals surface area contributed by atoms with Crippen molar-refractivity contribution in [3.05, 3.63) is 65.2 Å². The Morgan fingerprint density at radius 1 is 1.19 bits per heavy atom. The van der Waals surface area contributed by atoms with Crippen LogP contribution in [0.4, 0.5) is 0 Å². The van der Waals surface area contributed by atoms with Gasteiger partial charge in [-0.05, 0) is 26.0 Å². The summed E-state index contributed by atoms with van der Waals surface area (Å²) in [6, 6.07) is 13.5. The molecule has 3 nitrogen and oxygen atoms in total. The Morgan fingerprint density at radius 3 is 2.67 bits per heavy atom. The molecular formula is C18H19NO2. The van der Waals surface area contributed by atoms with E-state index in [4.69, 9.17) is 4.74 Å². The molecule has 0 saturated heterocycles. The number of carbonyl (C=O) groups excluding carboxylic acids is 1. The van der Waals surface area contributed by atoms with Crippen molar-refractivity contribution in [3.63, 3.8) is 0 Å². The fourth-order valence-corrected chi connectivity index (χ4v) is 2.86. The average Bonchev–Trinajstić information content (AvgIpc) is 2.89. The van der Waals surface area contributed by atoms with Crippen LogP contribution in [0.3, 0.4) is 0 Å². The number of fused-ring (bicyclic) bond motifs is 1. The Kier molecular flexibility index (Phi) is 3.65. The predicted octanol–water partition coefficient (Wildman–Crippen LogP) is 3.83. The fourth-order valence-electron chi connectivity index (χ4n) is 2.86. The zero-order chi connectivity index (χ0) is 14.8. The minimum Gasteiger partial charge on any atom is -0.497 e. The van der Waals surface area contributed by atoms with Gasteiger partial charge in [-0.25, -0.2) is 0 Å². The van der Waals surface area contributed by atoms with E-state index in [1.165, 1.54) is 5.69 Å². The van der Waals surface area contributed by atoms with Gasteiger partial charge in [0.2, 0.25) is 0 Å². The van der Waals surface area contributed by atoms with E-state index in [1.807, 2.05) is 43.3 Å². The summed E-state index contributed by atoms with van der Waals surface area (Å²) in [6.45, 7) is 5.48. The van der Waals surface area contributed by atoms with Gasteiger partial charge in [0, 0.05) is 24.2 Å². The van der Waals surface area contributed by atoms with Gasteiger partial charge in [0.05, 0.1) is 17.9 Å².